The average molecular weight is 265 g/mol. The quantitative estimate of drug-likeness (QED) is 0.764. The minimum absolute atomic E-state index is 0.0821. The maximum atomic E-state index is 11.3. The zero-order chi connectivity index (χ0) is 14.6. The number of anilines is 2. The maximum Gasteiger partial charge on any atom is 0.239 e. The standard InChI is InChI=1S/C13H23N5O/c1-8-10(15-6)17-12(13(2,3)4)18-11(8)16-7-9(19)14-5/h7H2,1-6H3,(H,14,19)(H2,15,16,17,18). The minimum atomic E-state index is -0.150. The van der Waals surface area contributed by atoms with Crippen LogP contribution in [0.3, 0.4) is 0 Å². The lowest BCUT2D eigenvalue weighted by Crippen LogP contribution is -2.27. The van der Waals surface area contributed by atoms with E-state index >= 15 is 0 Å². The molecule has 0 saturated carbocycles. The predicted molar refractivity (Wildman–Crippen MR) is 77.6 cm³/mol. The summed E-state index contributed by atoms with van der Waals surface area (Å²) in [6.07, 6.45) is 0. The van der Waals surface area contributed by atoms with Gasteiger partial charge in [0.15, 0.2) is 0 Å². The third-order valence-corrected chi connectivity index (χ3v) is 2.75. The molecule has 1 amide bonds. The average Bonchev–Trinajstić information content (AvgIpc) is 2.35. The second-order valence-electron chi connectivity index (χ2n) is 5.40. The van der Waals surface area contributed by atoms with Crippen molar-refractivity contribution in [2.24, 2.45) is 0 Å². The summed E-state index contributed by atoms with van der Waals surface area (Å²) in [5.41, 5.74) is 0.752. The van der Waals surface area contributed by atoms with Gasteiger partial charge in [0.05, 0.1) is 6.54 Å². The van der Waals surface area contributed by atoms with Crippen molar-refractivity contribution in [3.05, 3.63) is 11.4 Å². The lowest BCUT2D eigenvalue weighted by molar-refractivity contribution is -0.118. The molecular formula is C13H23N5O. The van der Waals surface area contributed by atoms with Crippen LogP contribution in [0.5, 0.6) is 0 Å². The highest BCUT2D eigenvalue weighted by molar-refractivity contribution is 5.80. The molecule has 0 atom stereocenters. The molecule has 0 fully saturated rings. The van der Waals surface area contributed by atoms with Gasteiger partial charge < -0.3 is 16.0 Å². The molecule has 0 bridgehead atoms. The van der Waals surface area contributed by atoms with Crippen molar-refractivity contribution in [3.8, 4) is 0 Å². The van der Waals surface area contributed by atoms with Gasteiger partial charge in [0.1, 0.15) is 17.5 Å². The van der Waals surface area contributed by atoms with Gasteiger partial charge in [-0.05, 0) is 6.92 Å². The fourth-order valence-corrected chi connectivity index (χ4v) is 1.52. The number of nitrogens with one attached hydrogen (secondary N) is 3. The zero-order valence-electron chi connectivity index (χ0n) is 12.5. The molecule has 6 nitrogen and oxygen atoms in total. The molecule has 6 heteroatoms. The van der Waals surface area contributed by atoms with Gasteiger partial charge in [0, 0.05) is 25.1 Å². The van der Waals surface area contributed by atoms with E-state index in [-0.39, 0.29) is 17.9 Å². The molecule has 1 aromatic rings. The summed E-state index contributed by atoms with van der Waals surface area (Å²) >= 11 is 0. The maximum absolute atomic E-state index is 11.3. The first-order valence-corrected chi connectivity index (χ1v) is 6.31. The normalized spacial score (nSPS) is 11.1. The number of likely N-dealkylation sites (N-methyl/N-ethyl adjacent to an activating group) is 1. The number of aromatic nitrogens is 2. The van der Waals surface area contributed by atoms with Crippen molar-refractivity contribution >= 4 is 17.5 Å². The summed E-state index contributed by atoms with van der Waals surface area (Å²) in [6.45, 7) is 8.28. The molecule has 0 radical (unpaired) electrons. The number of hydrogen-bond donors (Lipinski definition) is 3. The number of amides is 1. The van der Waals surface area contributed by atoms with E-state index in [2.05, 4.69) is 46.7 Å². The molecule has 0 aliphatic heterocycles. The van der Waals surface area contributed by atoms with Gasteiger partial charge in [-0.2, -0.15) is 0 Å². The molecule has 0 unspecified atom stereocenters. The number of carbonyl (C=O) groups excluding carboxylic acids is 1. The molecule has 0 aliphatic carbocycles. The smallest absolute Gasteiger partial charge is 0.239 e. The second kappa shape index (κ2) is 5.86. The van der Waals surface area contributed by atoms with Crippen LogP contribution in [0.25, 0.3) is 0 Å². The highest BCUT2D eigenvalue weighted by Crippen LogP contribution is 2.25. The molecule has 1 heterocycles. The van der Waals surface area contributed by atoms with Crippen molar-refractivity contribution in [1.82, 2.24) is 15.3 Å². The van der Waals surface area contributed by atoms with Gasteiger partial charge in [0.25, 0.3) is 0 Å². The van der Waals surface area contributed by atoms with Gasteiger partial charge >= 0.3 is 0 Å². The van der Waals surface area contributed by atoms with E-state index in [0.717, 1.165) is 17.2 Å². The van der Waals surface area contributed by atoms with Crippen LogP contribution in [0.4, 0.5) is 11.6 Å². The summed E-state index contributed by atoms with van der Waals surface area (Å²) in [5, 5.41) is 8.67. The Morgan fingerprint density at radius 3 is 2.21 bits per heavy atom. The Hall–Kier alpha value is -1.85. The van der Waals surface area contributed by atoms with Crippen LogP contribution in [-0.4, -0.2) is 36.5 Å². The van der Waals surface area contributed by atoms with E-state index in [1.165, 1.54) is 0 Å². The topological polar surface area (TPSA) is 78.9 Å². The molecule has 0 aromatic carbocycles. The molecule has 1 rings (SSSR count). The molecule has 0 aliphatic rings. The van der Waals surface area contributed by atoms with Gasteiger partial charge in [-0.1, -0.05) is 20.8 Å². The largest absolute Gasteiger partial charge is 0.373 e. The fourth-order valence-electron chi connectivity index (χ4n) is 1.52. The molecular weight excluding hydrogens is 242 g/mol. The van der Waals surface area contributed by atoms with E-state index < -0.39 is 0 Å². The summed E-state index contributed by atoms with van der Waals surface area (Å²) in [5.74, 6) is 2.12. The Morgan fingerprint density at radius 1 is 1.16 bits per heavy atom. The number of hydrogen-bond acceptors (Lipinski definition) is 5. The van der Waals surface area contributed by atoms with Crippen LogP contribution < -0.4 is 16.0 Å². The SMILES string of the molecule is CNC(=O)CNc1nc(C(C)(C)C)nc(NC)c1C. The summed E-state index contributed by atoms with van der Waals surface area (Å²) in [4.78, 5) is 20.3. The van der Waals surface area contributed by atoms with Crippen molar-refractivity contribution in [1.29, 1.82) is 0 Å². The Bertz CT molecular complexity index is 465. The summed E-state index contributed by atoms with van der Waals surface area (Å²) < 4.78 is 0. The highest BCUT2D eigenvalue weighted by atomic mass is 16.1. The van der Waals surface area contributed by atoms with Crippen LogP contribution in [0, 0.1) is 6.92 Å². The van der Waals surface area contributed by atoms with Gasteiger partial charge in [-0.15, -0.1) is 0 Å². The number of carbonyl (C=O) groups is 1. The number of rotatable bonds is 4. The Balaban J connectivity index is 3.11. The predicted octanol–water partition coefficient (Wildman–Crippen LogP) is 1.28. The van der Waals surface area contributed by atoms with Crippen LogP contribution in [0.1, 0.15) is 32.2 Å². The van der Waals surface area contributed by atoms with Gasteiger partial charge in [0.2, 0.25) is 5.91 Å². The van der Waals surface area contributed by atoms with E-state index in [9.17, 15) is 4.79 Å². The Labute approximate surface area is 114 Å². The van der Waals surface area contributed by atoms with E-state index in [1.807, 2.05) is 14.0 Å². The molecule has 19 heavy (non-hydrogen) atoms. The lowest BCUT2D eigenvalue weighted by atomic mass is 9.95. The Morgan fingerprint density at radius 2 is 1.74 bits per heavy atom. The van der Waals surface area contributed by atoms with Crippen molar-refractivity contribution < 1.29 is 4.79 Å². The molecule has 0 saturated heterocycles. The van der Waals surface area contributed by atoms with Crippen LogP contribution in [-0.2, 0) is 10.2 Å². The highest BCUT2D eigenvalue weighted by Gasteiger charge is 2.21. The summed E-state index contributed by atoms with van der Waals surface area (Å²) in [7, 11) is 3.43. The van der Waals surface area contributed by atoms with Gasteiger partial charge in [-0.3, -0.25) is 4.79 Å². The Kier molecular flexibility index (Phi) is 4.69. The van der Waals surface area contributed by atoms with Crippen LogP contribution in [0.2, 0.25) is 0 Å². The van der Waals surface area contributed by atoms with Crippen molar-refractivity contribution in [2.45, 2.75) is 33.1 Å². The van der Waals surface area contributed by atoms with Crippen molar-refractivity contribution in [2.75, 3.05) is 31.3 Å². The molecule has 1 aromatic heterocycles. The zero-order valence-corrected chi connectivity index (χ0v) is 12.5. The third kappa shape index (κ3) is 3.81. The second-order valence-corrected chi connectivity index (χ2v) is 5.40. The molecule has 0 spiro atoms. The van der Waals surface area contributed by atoms with E-state index in [4.69, 9.17) is 0 Å². The van der Waals surface area contributed by atoms with Crippen LogP contribution in [0.15, 0.2) is 0 Å². The first-order valence-electron chi connectivity index (χ1n) is 6.31. The van der Waals surface area contributed by atoms with E-state index in [1.54, 1.807) is 7.05 Å². The third-order valence-electron chi connectivity index (χ3n) is 2.75. The molecule has 106 valence electrons. The molecule has 3 N–H and O–H groups in total. The fraction of sp³-hybridized carbons (Fsp3) is 0.615. The van der Waals surface area contributed by atoms with Crippen LogP contribution >= 0.6 is 0 Å². The first-order chi connectivity index (χ1) is 8.79. The van der Waals surface area contributed by atoms with Crippen molar-refractivity contribution in [3.63, 3.8) is 0 Å². The number of nitrogens with zero attached hydrogens (tertiary/aromatic N) is 2. The summed E-state index contributed by atoms with van der Waals surface area (Å²) in [6, 6.07) is 0. The van der Waals surface area contributed by atoms with Gasteiger partial charge in [-0.25, -0.2) is 9.97 Å². The van der Waals surface area contributed by atoms with E-state index in [0.29, 0.717) is 5.82 Å². The lowest BCUT2D eigenvalue weighted by Gasteiger charge is -2.20. The first kappa shape index (κ1) is 15.2. The monoisotopic (exact) mass is 265 g/mol. The minimum Gasteiger partial charge on any atom is -0.373 e.